The van der Waals surface area contributed by atoms with Gasteiger partial charge in [-0.25, -0.2) is 13.1 Å². The maximum Gasteiger partial charge on any atom is 0.212 e. The standard InChI is InChI=1S/C15H24N2O2S2/c16-14-9-5-6-10-15(14)20-11-12-21(18,19)17-13-7-3-1-2-4-8-13/h5-6,9-10,13,17H,1-4,7-8,11-12,16H2. The summed E-state index contributed by atoms with van der Waals surface area (Å²) in [6.45, 7) is 0. The first-order chi connectivity index (χ1) is 10.1. The van der Waals surface area contributed by atoms with E-state index in [1.165, 1.54) is 24.6 Å². The average Bonchev–Trinajstić information content (AvgIpc) is 2.69. The minimum absolute atomic E-state index is 0.129. The highest BCUT2D eigenvalue weighted by atomic mass is 32.2. The Morgan fingerprint density at radius 2 is 1.81 bits per heavy atom. The SMILES string of the molecule is Nc1ccccc1SCCS(=O)(=O)NC1CCCCCC1. The predicted molar refractivity (Wildman–Crippen MR) is 90.0 cm³/mol. The lowest BCUT2D eigenvalue weighted by molar-refractivity contribution is 0.511. The third-order valence-electron chi connectivity index (χ3n) is 3.73. The Labute approximate surface area is 131 Å². The molecule has 1 aromatic carbocycles. The van der Waals surface area contributed by atoms with Crippen LogP contribution >= 0.6 is 11.8 Å². The topological polar surface area (TPSA) is 72.2 Å². The number of benzene rings is 1. The van der Waals surface area contributed by atoms with E-state index in [2.05, 4.69) is 4.72 Å². The third kappa shape index (κ3) is 5.88. The van der Waals surface area contributed by atoms with Gasteiger partial charge in [0.15, 0.2) is 0 Å². The predicted octanol–water partition coefficient (Wildman–Crippen LogP) is 3.00. The van der Waals surface area contributed by atoms with Gasteiger partial charge in [-0.05, 0) is 25.0 Å². The van der Waals surface area contributed by atoms with E-state index < -0.39 is 10.0 Å². The molecule has 4 nitrogen and oxygen atoms in total. The van der Waals surface area contributed by atoms with Gasteiger partial charge in [-0.1, -0.05) is 37.8 Å². The molecule has 6 heteroatoms. The van der Waals surface area contributed by atoms with E-state index >= 15 is 0 Å². The molecule has 0 unspecified atom stereocenters. The molecule has 0 atom stereocenters. The molecule has 0 bridgehead atoms. The van der Waals surface area contributed by atoms with Crippen LogP contribution in [0.25, 0.3) is 0 Å². The van der Waals surface area contributed by atoms with Crippen LogP contribution in [0, 0.1) is 0 Å². The normalized spacial score (nSPS) is 17.5. The number of para-hydroxylation sites is 1. The van der Waals surface area contributed by atoms with Crippen LogP contribution < -0.4 is 10.5 Å². The molecule has 0 radical (unpaired) electrons. The second kappa shape index (κ2) is 8.06. The molecule has 0 saturated heterocycles. The lowest BCUT2D eigenvalue weighted by Gasteiger charge is -2.16. The van der Waals surface area contributed by atoms with Crippen molar-refractivity contribution in [2.45, 2.75) is 49.5 Å². The van der Waals surface area contributed by atoms with Crippen LogP contribution in [0.15, 0.2) is 29.2 Å². The van der Waals surface area contributed by atoms with Gasteiger partial charge in [0.05, 0.1) is 5.75 Å². The zero-order valence-electron chi connectivity index (χ0n) is 12.3. The Morgan fingerprint density at radius 3 is 2.48 bits per heavy atom. The zero-order valence-corrected chi connectivity index (χ0v) is 13.9. The van der Waals surface area contributed by atoms with E-state index in [0.717, 1.165) is 30.6 Å². The van der Waals surface area contributed by atoms with Crippen molar-refractivity contribution in [2.24, 2.45) is 0 Å². The van der Waals surface area contributed by atoms with Crippen molar-refractivity contribution in [3.05, 3.63) is 24.3 Å². The summed E-state index contributed by atoms with van der Waals surface area (Å²) in [5.41, 5.74) is 6.56. The summed E-state index contributed by atoms with van der Waals surface area (Å²) in [6.07, 6.45) is 6.64. The van der Waals surface area contributed by atoms with Gasteiger partial charge in [0, 0.05) is 22.4 Å². The summed E-state index contributed by atoms with van der Waals surface area (Å²) < 4.78 is 27.1. The first-order valence-corrected chi connectivity index (χ1v) is 10.2. The number of rotatable bonds is 6. The highest BCUT2D eigenvalue weighted by molar-refractivity contribution is 8.00. The number of anilines is 1. The van der Waals surface area contributed by atoms with Gasteiger partial charge in [-0.3, -0.25) is 0 Å². The molecule has 118 valence electrons. The van der Waals surface area contributed by atoms with Crippen molar-refractivity contribution in [3.8, 4) is 0 Å². The van der Waals surface area contributed by atoms with Crippen molar-refractivity contribution in [2.75, 3.05) is 17.2 Å². The third-order valence-corrected chi connectivity index (χ3v) is 6.51. The Bertz CT molecular complexity index is 538. The highest BCUT2D eigenvalue weighted by Crippen LogP contribution is 2.24. The number of nitrogen functional groups attached to an aromatic ring is 1. The number of nitrogens with one attached hydrogen (secondary N) is 1. The molecule has 3 N–H and O–H groups in total. The Morgan fingerprint density at radius 1 is 1.14 bits per heavy atom. The molecule has 1 aliphatic carbocycles. The fraction of sp³-hybridized carbons (Fsp3) is 0.600. The fourth-order valence-corrected chi connectivity index (χ4v) is 5.29. The molecule has 0 spiro atoms. The number of nitrogens with two attached hydrogens (primary N) is 1. The van der Waals surface area contributed by atoms with Gasteiger partial charge in [-0.15, -0.1) is 11.8 Å². The number of sulfonamides is 1. The summed E-state index contributed by atoms with van der Waals surface area (Å²) in [5.74, 6) is 0.665. The van der Waals surface area contributed by atoms with E-state index in [1.54, 1.807) is 0 Å². The number of hydrogen-bond donors (Lipinski definition) is 2. The molecule has 0 aliphatic heterocycles. The van der Waals surface area contributed by atoms with Gasteiger partial charge < -0.3 is 5.73 Å². The van der Waals surface area contributed by atoms with E-state index in [-0.39, 0.29) is 11.8 Å². The second-order valence-electron chi connectivity index (χ2n) is 5.51. The van der Waals surface area contributed by atoms with Gasteiger partial charge in [-0.2, -0.15) is 0 Å². The fourth-order valence-electron chi connectivity index (χ4n) is 2.58. The Kier molecular flexibility index (Phi) is 6.39. The van der Waals surface area contributed by atoms with Crippen molar-refractivity contribution in [1.82, 2.24) is 4.72 Å². The summed E-state index contributed by atoms with van der Waals surface area (Å²) in [7, 11) is -3.19. The van der Waals surface area contributed by atoms with Crippen molar-refractivity contribution in [3.63, 3.8) is 0 Å². The minimum Gasteiger partial charge on any atom is -0.398 e. The smallest absolute Gasteiger partial charge is 0.212 e. The van der Waals surface area contributed by atoms with Crippen LogP contribution in [0.4, 0.5) is 5.69 Å². The van der Waals surface area contributed by atoms with Gasteiger partial charge in [0.2, 0.25) is 10.0 Å². The minimum atomic E-state index is -3.19. The summed E-state index contributed by atoms with van der Waals surface area (Å²) in [5, 5.41) is 0. The molecule has 1 fully saturated rings. The summed E-state index contributed by atoms with van der Waals surface area (Å²) >= 11 is 1.50. The van der Waals surface area contributed by atoms with E-state index in [9.17, 15) is 8.42 Å². The molecule has 21 heavy (non-hydrogen) atoms. The van der Waals surface area contributed by atoms with E-state index in [0.29, 0.717) is 11.4 Å². The monoisotopic (exact) mass is 328 g/mol. The maximum absolute atomic E-state index is 12.1. The van der Waals surface area contributed by atoms with Crippen LogP contribution in [0.1, 0.15) is 38.5 Å². The van der Waals surface area contributed by atoms with E-state index in [4.69, 9.17) is 5.73 Å². The number of thioether (sulfide) groups is 1. The molecule has 1 aliphatic rings. The molecular weight excluding hydrogens is 304 g/mol. The van der Waals surface area contributed by atoms with Crippen molar-refractivity contribution in [1.29, 1.82) is 0 Å². The number of hydrogen-bond acceptors (Lipinski definition) is 4. The Hall–Kier alpha value is -0.720. The lowest BCUT2D eigenvalue weighted by Crippen LogP contribution is -2.36. The highest BCUT2D eigenvalue weighted by Gasteiger charge is 2.19. The average molecular weight is 329 g/mol. The van der Waals surface area contributed by atoms with Gasteiger partial charge in [0.25, 0.3) is 0 Å². The van der Waals surface area contributed by atoms with Crippen LogP contribution in [0.5, 0.6) is 0 Å². The first kappa shape index (κ1) is 16.6. The lowest BCUT2D eigenvalue weighted by atomic mass is 10.1. The Balaban J connectivity index is 1.79. The molecule has 1 aromatic rings. The molecule has 0 aromatic heterocycles. The van der Waals surface area contributed by atoms with Crippen molar-refractivity contribution >= 4 is 27.5 Å². The molecule has 1 saturated carbocycles. The molecule has 0 heterocycles. The summed E-state index contributed by atoms with van der Waals surface area (Å²) in [6, 6.07) is 7.68. The van der Waals surface area contributed by atoms with Gasteiger partial charge >= 0.3 is 0 Å². The van der Waals surface area contributed by atoms with Gasteiger partial charge in [0.1, 0.15) is 0 Å². The quantitative estimate of drug-likeness (QED) is 0.478. The molecule has 2 rings (SSSR count). The molecule has 0 amide bonds. The molecular formula is C15H24N2O2S2. The van der Waals surface area contributed by atoms with Crippen LogP contribution in [0.3, 0.4) is 0 Å². The van der Waals surface area contributed by atoms with Crippen LogP contribution in [0.2, 0.25) is 0 Å². The van der Waals surface area contributed by atoms with Crippen molar-refractivity contribution < 1.29 is 8.42 Å². The summed E-state index contributed by atoms with van der Waals surface area (Å²) in [4.78, 5) is 0.946. The maximum atomic E-state index is 12.1. The van der Waals surface area contributed by atoms with Crippen LogP contribution in [-0.2, 0) is 10.0 Å². The van der Waals surface area contributed by atoms with Crippen LogP contribution in [-0.4, -0.2) is 26.0 Å². The second-order valence-corrected chi connectivity index (χ2v) is 8.52. The largest absolute Gasteiger partial charge is 0.398 e. The first-order valence-electron chi connectivity index (χ1n) is 7.54. The van der Waals surface area contributed by atoms with E-state index in [1.807, 2.05) is 24.3 Å². The zero-order chi connectivity index (χ0) is 15.1.